The fourth-order valence-corrected chi connectivity index (χ4v) is 5.14. The van der Waals surface area contributed by atoms with Crippen molar-refractivity contribution in [1.29, 1.82) is 5.41 Å². The Morgan fingerprint density at radius 2 is 1.84 bits per heavy atom. The minimum Gasteiger partial charge on any atom is -0.493 e. The van der Waals surface area contributed by atoms with E-state index in [1.165, 1.54) is 13.2 Å². The molecule has 2 aliphatic heterocycles. The number of carbonyl (C=O) groups is 1. The number of fused-ring (bicyclic) bond motifs is 1. The van der Waals surface area contributed by atoms with E-state index in [-0.39, 0.29) is 27.6 Å². The van der Waals surface area contributed by atoms with Gasteiger partial charge in [0.1, 0.15) is 19.0 Å². The first-order valence-electron chi connectivity index (χ1n) is 11.0. The van der Waals surface area contributed by atoms with Gasteiger partial charge in [-0.2, -0.15) is 10.0 Å². The molecule has 37 heavy (non-hydrogen) atoms. The minimum atomic E-state index is -3.60. The van der Waals surface area contributed by atoms with Crippen molar-refractivity contribution in [2.24, 2.45) is 10.1 Å². The number of hydrogen-bond donors (Lipinski definition) is 1. The van der Waals surface area contributed by atoms with E-state index in [1.807, 2.05) is 30.3 Å². The summed E-state index contributed by atoms with van der Waals surface area (Å²) in [4.78, 5) is 16.5. The van der Waals surface area contributed by atoms with Crippen molar-refractivity contribution in [3.05, 3.63) is 71.8 Å². The van der Waals surface area contributed by atoms with E-state index < -0.39 is 15.7 Å². The number of allylic oxidation sites excluding steroid dienone is 1. The maximum absolute atomic E-state index is 12.6. The van der Waals surface area contributed by atoms with Gasteiger partial charge < -0.3 is 14.2 Å². The molecule has 0 unspecified atom stereocenters. The van der Waals surface area contributed by atoms with E-state index >= 15 is 0 Å². The third kappa shape index (κ3) is 5.92. The van der Waals surface area contributed by atoms with Crippen molar-refractivity contribution in [2.75, 3.05) is 26.6 Å². The number of methoxy groups -OCH3 is 1. The standard InChI is InChI=1S/C25H24N4O6S2/c1-4-7-17-8-5-6-9-19(17)34-12-13-35-20-11-10-16(15-21(20)33-2)14-18-22(26)29-24(27-23(18)30)36-25(28-29)37(3,31)32/h4-6,8-11,14-15,26H,1,7,12-13H2,2-3H3/b18-14+,26-22?. The number of nitrogens with zero attached hydrogens (tertiary/aromatic N) is 3. The van der Waals surface area contributed by atoms with E-state index in [2.05, 4.69) is 16.7 Å². The van der Waals surface area contributed by atoms with Crippen molar-refractivity contribution in [3.63, 3.8) is 0 Å². The number of thioether (sulfide) groups is 1. The van der Waals surface area contributed by atoms with E-state index in [9.17, 15) is 13.2 Å². The third-order valence-corrected chi connectivity index (χ3v) is 7.76. The lowest BCUT2D eigenvalue weighted by Crippen LogP contribution is -2.35. The summed E-state index contributed by atoms with van der Waals surface area (Å²) in [7, 11) is -2.11. The molecule has 2 heterocycles. The van der Waals surface area contributed by atoms with E-state index in [0.717, 1.165) is 34.3 Å². The van der Waals surface area contributed by atoms with E-state index in [1.54, 1.807) is 18.2 Å². The van der Waals surface area contributed by atoms with Crippen LogP contribution in [0.15, 0.2) is 70.8 Å². The lowest BCUT2D eigenvalue weighted by molar-refractivity contribution is -0.114. The molecule has 0 atom stereocenters. The molecule has 1 amide bonds. The van der Waals surface area contributed by atoms with Crippen LogP contribution in [0.5, 0.6) is 17.2 Å². The van der Waals surface area contributed by atoms with Crippen molar-refractivity contribution in [1.82, 2.24) is 5.01 Å². The van der Waals surface area contributed by atoms with Gasteiger partial charge in [0, 0.05) is 6.26 Å². The zero-order valence-electron chi connectivity index (χ0n) is 20.1. The third-order valence-electron chi connectivity index (χ3n) is 5.19. The Morgan fingerprint density at radius 3 is 2.54 bits per heavy atom. The smallest absolute Gasteiger partial charge is 0.283 e. The first kappa shape index (κ1) is 26.2. The minimum absolute atomic E-state index is 0.0308. The predicted octanol–water partition coefficient (Wildman–Crippen LogP) is 3.50. The number of rotatable bonds is 9. The number of ether oxygens (including phenoxy) is 3. The fraction of sp³-hybridized carbons (Fsp3) is 0.200. The van der Waals surface area contributed by atoms with Crippen molar-refractivity contribution in [3.8, 4) is 17.2 Å². The predicted molar refractivity (Wildman–Crippen MR) is 144 cm³/mol. The van der Waals surface area contributed by atoms with Crippen LogP contribution in [0.3, 0.4) is 0 Å². The average molecular weight is 541 g/mol. The van der Waals surface area contributed by atoms with E-state index in [0.29, 0.717) is 30.1 Å². The summed E-state index contributed by atoms with van der Waals surface area (Å²) in [6.45, 7) is 4.35. The number of para-hydroxylation sites is 1. The second-order valence-electron chi connectivity index (χ2n) is 7.87. The molecule has 0 spiro atoms. The normalized spacial score (nSPS) is 16.3. The van der Waals surface area contributed by atoms with Crippen LogP contribution in [-0.4, -0.2) is 61.3 Å². The summed E-state index contributed by atoms with van der Waals surface area (Å²) in [5, 5.41) is 13.4. The number of amides is 1. The number of aliphatic imine (C=N–C) groups is 1. The van der Waals surface area contributed by atoms with Crippen LogP contribution in [0.25, 0.3) is 6.08 Å². The maximum Gasteiger partial charge on any atom is 0.283 e. The number of hydrazone groups is 1. The van der Waals surface area contributed by atoms with Crippen LogP contribution >= 0.6 is 11.8 Å². The highest BCUT2D eigenvalue weighted by atomic mass is 32.3. The molecule has 0 radical (unpaired) electrons. The lowest BCUT2D eigenvalue weighted by atomic mass is 10.1. The molecule has 2 aromatic carbocycles. The first-order chi connectivity index (χ1) is 17.7. The summed E-state index contributed by atoms with van der Waals surface area (Å²) in [6.07, 6.45) is 4.99. The van der Waals surface area contributed by atoms with Crippen molar-refractivity contribution >= 4 is 49.0 Å². The van der Waals surface area contributed by atoms with Gasteiger partial charge >= 0.3 is 0 Å². The Bertz CT molecular complexity index is 1460. The van der Waals surface area contributed by atoms with Gasteiger partial charge in [0.05, 0.1) is 12.7 Å². The Labute approximate surface area is 218 Å². The van der Waals surface area contributed by atoms with Gasteiger partial charge in [0.2, 0.25) is 19.4 Å². The molecule has 0 bridgehead atoms. The number of amidine groups is 2. The Kier molecular flexibility index (Phi) is 7.79. The molecule has 0 fully saturated rings. The Balaban J connectivity index is 1.45. The van der Waals surface area contributed by atoms with Gasteiger partial charge in [-0.1, -0.05) is 30.3 Å². The fourth-order valence-electron chi connectivity index (χ4n) is 3.46. The number of hydrogen-bond acceptors (Lipinski definition) is 9. The molecule has 10 nitrogen and oxygen atoms in total. The molecule has 1 N–H and O–H groups in total. The van der Waals surface area contributed by atoms with Crippen molar-refractivity contribution < 1.29 is 27.4 Å². The summed E-state index contributed by atoms with van der Waals surface area (Å²) in [5.41, 5.74) is 1.56. The number of carbonyl (C=O) groups excluding carboxylic acids is 1. The molecule has 2 aliphatic rings. The summed E-state index contributed by atoms with van der Waals surface area (Å²) < 4.78 is 40.5. The Hall–Kier alpha value is -3.90. The van der Waals surface area contributed by atoms with E-state index in [4.69, 9.17) is 19.6 Å². The number of sulfone groups is 1. The van der Waals surface area contributed by atoms with Crippen LogP contribution < -0.4 is 14.2 Å². The van der Waals surface area contributed by atoms with Crippen molar-refractivity contribution in [2.45, 2.75) is 6.42 Å². The van der Waals surface area contributed by atoms with Gasteiger partial charge in [-0.15, -0.1) is 11.7 Å². The molecule has 2 aromatic rings. The van der Waals surface area contributed by atoms with Gasteiger partial charge in [0.25, 0.3) is 5.91 Å². The van der Waals surface area contributed by atoms with Gasteiger partial charge in [-0.05, 0) is 53.6 Å². The van der Waals surface area contributed by atoms with Gasteiger partial charge in [-0.25, -0.2) is 8.42 Å². The molecular weight excluding hydrogens is 516 g/mol. The topological polar surface area (TPSA) is 131 Å². The Morgan fingerprint density at radius 1 is 1.11 bits per heavy atom. The zero-order valence-corrected chi connectivity index (χ0v) is 21.8. The number of nitrogens with one attached hydrogen (secondary N) is 1. The first-order valence-corrected chi connectivity index (χ1v) is 13.7. The monoisotopic (exact) mass is 540 g/mol. The molecule has 12 heteroatoms. The van der Waals surface area contributed by atoms with Crippen LogP contribution in [0.4, 0.5) is 0 Å². The largest absolute Gasteiger partial charge is 0.493 e. The highest BCUT2D eigenvalue weighted by Crippen LogP contribution is 2.32. The quantitative estimate of drug-likeness (QED) is 0.291. The van der Waals surface area contributed by atoms with Crippen LogP contribution in [0.1, 0.15) is 11.1 Å². The molecular formula is C25H24N4O6S2. The summed E-state index contributed by atoms with van der Waals surface area (Å²) in [5.74, 6) is 0.747. The summed E-state index contributed by atoms with van der Waals surface area (Å²) in [6, 6.07) is 12.8. The number of benzene rings is 2. The second-order valence-corrected chi connectivity index (χ2v) is 11.0. The molecule has 4 rings (SSSR count). The molecule has 192 valence electrons. The summed E-state index contributed by atoms with van der Waals surface area (Å²) >= 11 is 0.734. The van der Waals surface area contributed by atoms with Crippen LogP contribution in [0.2, 0.25) is 0 Å². The van der Waals surface area contributed by atoms with Crippen LogP contribution in [-0.2, 0) is 21.1 Å². The lowest BCUT2D eigenvalue weighted by Gasteiger charge is -2.20. The van der Waals surface area contributed by atoms with Gasteiger partial charge in [-0.3, -0.25) is 10.2 Å². The molecule has 0 saturated carbocycles. The molecule has 0 aliphatic carbocycles. The van der Waals surface area contributed by atoms with Crippen LogP contribution in [0, 0.1) is 5.41 Å². The highest BCUT2D eigenvalue weighted by molar-refractivity contribution is 8.42. The van der Waals surface area contributed by atoms with Gasteiger partial charge in [0.15, 0.2) is 17.3 Å². The average Bonchev–Trinajstić information content (AvgIpc) is 3.31. The zero-order chi connectivity index (χ0) is 26.6. The highest BCUT2D eigenvalue weighted by Gasteiger charge is 2.38. The second kappa shape index (κ2) is 11.0. The molecule has 0 saturated heterocycles. The maximum atomic E-state index is 12.6. The SMILES string of the molecule is C=CCc1ccccc1OCCOc1ccc(/C=C2\C(=N)N3N=C(S(C)(=O)=O)SC3=NC2=O)cc1OC. The molecule has 0 aromatic heterocycles.